The minimum absolute atomic E-state index is 0.0172. The van der Waals surface area contributed by atoms with Crippen LogP contribution < -0.4 is 10.1 Å². The smallest absolute Gasteiger partial charge is 0.291 e. The van der Waals surface area contributed by atoms with Crippen LogP contribution in [0.4, 0.5) is 23.2 Å². The van der Waals surface area contributed by atoms with Gasteiger partial charge in [-0.2, -0.15) is 5.10 Å². The third-order valence-corrected chi connectivity index (χ3v) is 5.39. The Morgan fingerprint density at radius 1 is 1.09 bits per heavy atom. The van der Waals surface area contributed by atoms with Crippen LogP contribution in [-0.4, -0.2) is 15.7 Å². The molecule has 1 amide bonds. The van der Waals surface area contributed by atoms with Crippen molar-refractivity contribution in [2.24, 2.45) is 0 Å². The molecule has 0 spiro atoms. The fourth-order valence-electron chi connectivity index (χ4n) is 2.94. The summed E-state index contributed by atoms with van der Waals surface area (Å²) in [7, 11) is 0. The maximum atomic E-state index is 13.9. The fraction of sp³-hybridized carbons (Fsp3) is 0.0909. The van der Waals surface area contributed by atoms with Crippen molar-refractivity contribution in [3.8, 4) is 5.75 Å². The minimum Gasteiger partial charge on any atom is -0.484 e. The summed E-state index contributed by atoms with van der Waals surface area (Å²) in [4.78, 5) is 12.4. The lowest BCUT2D eigenvalue weighted by molar-refractivity contribution is 0.0992. The molecule has 12 heteroatoms. The van der Waals surface area contributed by atoms with Gasteiger partial charge in [-0.05, 0) is 24.3 Å². The molecule has 4 rings (SSSR count). The lowest BCUT2D eigenvalue weighted by Gasteiger charge is -2.07. The zero-order valence-electron chi connectivity index (χ0n) is 16.9. The first-order valence-corrected chi connectivity index (χ1v) is 10.3. The van der Waals surface area contributed by atoms with Crippen LogP contribution in [0.3, 0.4) is 0 Å². The molecule has 0 saturated carbocycles. The lowest BCUT2D eigenvalue weighted by atomic mass is 10.2. The second kappa shape index (κ2) is 9.78. The highest BCUT2D eigenvalue weighted by molar-refractivity contribution is 6.42. The third-order valence-electron chi connectivity index (χ3n) is 4.59. The Balaban J connectivity index is 1.39. The molecule has 6 nitrogen and oxygen atoms in total. The van der Waals surface area contributed by atoms with Crippen LogP contribution in [0.25, 0.3) is 0 Å². The molecule has 0 aliphatic heterocycles. The largest absolute Gasteiger partial charge is 0.484 e. The van der Waals surface area contributed by atoms with Gasteiger partial charge < -0.3 is 14.5 Å². The number of amides is 1. The van der Waals surface area contributed by atoms with E-state index in [1.807, 2.05) is 0 Å². The van der Waals surface area contributed by atoms with Crippen molar-refractivity contribution >= 4 is 34.8 Å². The number of nitrogens with zero attached hydrogens (tertiary/aromatic N) is 2. The number of hydrogen-bond acceptors (Lipinski definition) is 4. The highest BCUT2D eigenvalue weighted by Crippen LogP contribution is 2.32. The van der Waals surface area contributed by atoms with E-state index in [-0.39, 0.29) is 29.1 Å². The number of carbonyl (C=O) groups is 1. The zero-order valence-corrected chi connectivity index (χ0v) is 18.4. The van der Waals surface area contributed by atoms with Crippen LogP contribution in [0.5, 0.6) is 5.75 Å². The number of benzene rings is 2. The highest BCUT2D eigenvalue weighted by Gasteiger charge is 2.20. The number of nitrogens with one attached hydrogen (secondary N) is 1. The molecular weight excluding hydrogens is 501 g/mol. The maximum absolute atomic E-state index is 13.9. The Kier molecular flexibility index (Phi) is 6.80. The van der Waals surface area contributed by atoms with Crippen LogP contribution in [0.2, 0.25) is 10.0 Å². The van der Waals surface area contributed by atoms with Crippen LogP contribution >= 0.6 is 23.2 Å². The summed E-state index contributed by atoms with van der Waals surface area (Å²) in [6, 6.07) is 8.10. The predicted octanol–water partition coefficient (Wildman–Crippen LogP) is 6.22. The molecule has 4 aromatic rings. The van der Waals surface area contributed by atoms with Crippen molar-refractivity contribution in [1.82, 2.24) is 9.78 Å². The molecule has 2 heterocycles. The first kappa shape index (κ1) is 23.7. The number of hydrogen-bond donors (Lipinski definition) is 1. The molecule has 0 radical (unpaired) electrons. The summed E-state index contributed by atoms with van der Waals surface area (Å²) in [6.45, 7) is -0.546. The van der Waals surface area contributed by atoms with E-state index in [1.54, 1.807) is 18.2 Å². The second-order valence-corrected chi connectivity index (χ2v) is 7.72. The number of carbonyl (C=O) groups excluding carboxylic acids is 1. The van der Waals surface area contributed by atoms with E-state index < -0.39 is 41.3 Å². The third kappa shape index (κ3) is 5.02. The molecule has 0 bridgehead atoms. The van der Waals surface area contributed by atoms with Crippen LogP contribution in [0, 0.1) is 23.3 Å². The second-order valence-electron chi connectivity index (χ2n) is 6.93. The Morgan fingerprint density at radius 3 is 2.68 bits per heavy atom. The summed E-state index contributed by atoms with van der Waals surface area (Å²) in [5.41, 5.74) is -0.538. The molecule has 0 fully saturated rings. The highest BCUT2D eigenvalue weighted by atomic mass is 35.5. The van der Waals surface area contributed by atoms with E-state index >= 15 is 0 Å². The minimum atomic E-state index is -1.78. The Morgan fingerprint density at radius 2 is 1.88 bits per heavy atom. The predicted molar refractivity (Wildman–Crippen MR) is 115 cm³/mol. The van der Waals surface area contributed by atoms with Gasteiger partial charge in [-0.3, -0.25) is 9.48 Å². The monoisotopic (exact) mass is 513 g/mol. The standard InChI is InChI=1S/C22H13Cl2F4N3O3/c23-14-2-1-3-17(19(14)24)33-10-12-4-5-18(34-12)22(32)30-11-7-29-31(8-11)9-13-15(25)6-16(26)21(28)20(13)27/h1-8H,9-10H2,(H,30,32). The van der Waals surface area contributed by atoms with Gasteiger partial charge >= 0.3 is 0 Å². The SMILES string of the molecule is O=C(Nc1cnn(Cc2c(F)cc(F)c(F)c2F)c1)c1ccc(COc2cccc(Cl)c2Cl)o1. The van der Waals surface area contributed by atoms with Gasteiger partial charge in [0.15, 0.2) is 23.2 Å². The fourth-order valence-corrected chi connectivity index (χ4v) is 3.29. The molecular formula is C22H13Cl2F4N3O3. The van der Waals surface area contributed by atoms with Crippen molar-refractivity contribution in [3.05, 3.63) is 99.2 Å². The number of furan rings is 1. The average molecular weight is 514 g/mol. The van der Waals surface area contributed by atoms with E-state index in [4.69, 9.17) is 32.4 Å². The molecule has 0 unspecified atom stereocenters. The summed E-state index contributed by atoms with van der Waals surface area (Å²) >= 11 is 12.0. The summed E-state index contributed by atoms with van der Waals surface area (Å²) < 4.78 is 66.2. The van der Waals surface area contributed by atoms with E-state index in [2.05, 4.69) is 10.4 Å². The van der Waals surface area contributed by atoms with Crippen LogP contribution in [0.15, 0.2) is 53.2 Å². The molecule has 2 aromatic heterocycles. The Labute approximate surface area is 199 Å². The van der Waals surface area contributed by atoms with E-state index in [9.17, 15) is 22.4 Å². The molecule has 0 aliphatic carbocycles. The van der Waals surface area contributed by atoms with Gasteiger partial charge in [-0.25, -0.2) is 17.6 Å². The topological polar surface area (TPSA) is 69.3 Å². The molecule has 2 aromatic carbocycles. The van der Waals surface area contributed by atoms with E-state index in [1.165, 1.54) is 24.5 Å². The Bertz CT molecular complexity index is 1370. The van der Waals surface area contributed by atoms with Gasteiger partial charge in [0.05, 0.1) is 23.5 Å². The zero-order chi connectivity index (χ0) is 24.4. The van der Waals surface area contributed by atoms with Crippen molar-refractivity contribution in [2.75, 3.05) is 5.32 Å². The Hall–Kier alpha value is -3.50. The van der Waals surface area contributed by atoms with Crippen LogP contribution in [-0.2, 0) is 13.2 Å². The summed E-state index contributed by atoms with van der Waals surface area (Å²) in [6.07, 6.45) is 2.47. The molecule has 0 saturated heterocycles. The van der Waals surface area contributed by atoms with Crippen molar-refractivity contribution in [3.63, 3.8) is 0 Å². The normalized spacial score (nSPS) is 11.0. The summed E-state index contributed by atoms with van der Waals surface area (Å²) in [5.74, 6) is -6.32. The maximum Gasteiger partial charge on any atom is 0.291 e. The van der Waals surface area contributed by atoms with Crippen molar-refractivity contribution in [1.29, 1.82) is 0 Å². The quantitative estimate of drug-likeness (QED) is 0.181. The molecule has 0 atom stereocenters. The molecule has 0 aliphatic rings. The first-order valence-electron chi connectivity index (χ1n) is 9.54. The number of rotatable bonds is 7. The van der Waals surface area contributed by atoms with Gasteiger partial charge in [0, 0.05) is 17.8 Å². The molecule has 34 heavy (non-hydrogen) atoms. The van der Waals surface area contributed by atoms with Gasteiger partial charge in [0.25, 0.3) is 5.91 Å². The number of anilines is 1. The number of halogens is 6. The van der Waals surface area contributed by atoms with Crippen molar-refractivity contribution in [2.45, 2.75) is 13.2 Å². The number of ether oxygens (including phenoxy) is 1. The lowest BCUT2D eigenvalue weighted by Crippen LogP contribution is -2.11. The van der Waals surface area contributed by atoms with Gasteiger partial charge in [0.1, 0.15) is 29.0 Å². The van der Waals surface area contributed by atoms with Crippen LogP contribution in [0.1, 0.15) is 21.9 Å². The molecule has 1 N–H and O–H groups in total. The average Bonchev–Trinajstić information content (AvgIpc) is 3.46. The van der Waals surface area contributed by atoms with E-state index in [0.29, 0.717) is 16.5 Å². The molecule has 176 valence electrons. The number of aromatic nitrogens is 2. The van der Waals surface area contributed by atoms with Gasteiger partial charge in [-0.15, -0.1) is 0 Å². The summed E-state index contributed by atoms with van der Waals surface area (Å²) in [5, 5.41) is 6.93. The van der Waals surface area contributed by atoms with Gasteiger partial charge in [0.2, 0.25) is 0 Å². The first-order chi connectivity index (χ1) is 16.2. The van der Waals surface area contributed by atoms with Gasteiger partial charge in [-0.1, -0.05) is 29.3 Å². The van der Waals surface area contributed by atoms with E-state index in [0.717, 1.165) is 4.68 Å². The van der Waals surface area contributed by atoms with Crippen molar-refractivity contribution < 1.29 is 31.5 Å².